The van der Waals surface area contributed by atoms with Gasteiger partial charge < -0.3 is 4.90 Å². The molecule has 2 aliphatic heterocycles. The second kappa shape index (κ2) is 3.83. The number of rotatable bonds is 1. The molecular formula is C14H16N2. The number of benzene rings is 1. The van der Waals surface area contributed by atoms with E-state index in [2.05, 4.69) is 23.1 Å². The van der Waals surface area contributed by atoms with E-state index in [9.17, 15) is 0 Å². The minimum atomic E-state index is 0.556. The molecule has 0 aromatic heterocycles. The summed E-state index contributed by atoms with van der Waals surface area (Å²) in [6.45, 7) is 2.44. The third-order valence-electron chi connectivity index (χ3n) is 3.68. The molecule has 16 heavy (non-hydrogen) atoms. The van der Waals surface area contributed by atoms with Crippen molar-refractivity contribution in [2.45, 2.75) is 32.1 Å². The van der Waals surface area contributed by atoms with E-state index in [1.807, 2.05) is 0 Å². The molecule has 0 amide bonds. The molecular weight excluding hydrogens is 196 g/mol. The van der Waals surface area contributed by atoms with Crippen LogP contribution in [-0.2, 0) is 19.3 Å². The fourth-order valence-electron chi connectivity index (χ4n) is 3.07. The van der Waals surface area contributed by atoms with Crippen molar-refractivity contribution >= 4 is 5.69 Å². The van der Waals surface area contributed by atoms with Gasteiger partial charge >= 0.3 is 0 Å². The van der Waals surface area contributed by atoms with Gasteiger partial charge in [0, 0.05) is 18.8 Å². The van der Waals surface area contributed by atoms with Crippen LogP contribution in [0.1, 0.15) is 29.5 Å². The molecule has 1 aromatic carbocycles. The summed E-state index contributed by atoms with van der Waals surface area (Å²) < 4.78 is 0. The molecule has 0 N–H and O–H groups in total. The fourth-order valence-corrected chi connectivity index (χ4v) is 3.07. The summed E-state index contributed by atoms with van der Waals surface area (Å²) in [5.74, 6) is 0. The second-order valence-electron chi connectivity index (χ2n) is 4.79. The molecule has 0 fully saturated rings. The Morgan fingerprint density at radius 2 is 1.75 bits per heavy atom. The molecule has 0 spiro atoms. The molecule has 2 heterocycles. The molecule has 0 radical (unpaired) electrons. The highest BCUT2D eigenvalue weighted by Gasteiger charge is 2.23. The van der Waals surface area contributed by atoms with E-state index in [0.29, 0.717) is 6.42 Å². The van der Waals surface area contributed by atoms with Gasteiger partial charge in [-0.15, -0.1) is 0 Å². The largest absolute Gasteiger partial charge is 0.371 e. The van der Waals surface area contributed by atoms with Gasteiger partial charge in [-0.25, -0.2) is 0 Å². The number of hydrogen-bond acceptors (Lipinski definition) is 2. The third-order valence-corrected chi connectivity index (χ3v) is 3.68. The zero-order valence-corrected chi connectivity index (χ0v) is 9.50. The molecule has 1 aromatic rings. The summed E-state index contributed by atoms with van der Waals surface area (Å²) in [6, 6.07) is 6.76. The van der Waals surface area contributed by atoms with Crippen LogP contribution in [0.3, 0.4) is 0 Å². The quantitative estimate of drug-likeness (QED) is 0.715. The lowest BCUT2D eigenvalue weighted by Crippen LogP contribution is -2.34. The molecule has 0 atom stereocenters. The van der Waals surface area contributed by atoms with Crippen molar-refractivity contribution in [2.75, 3.05) is 18.0 Å². The minimum Gasteiger partial charge on any atom is -0.371 e. The topological polar surface area (TPSA) is 27.0 Å². The summed E-state index contributed by atoms with van der Waals surface area (Å²) in [7, 11) is 0. The number of aryl methyl sites for hydroxylation is 2. The average molecular weight is 212 g/mol. The first-order valence-corrected chi connectivity index (χ1v) is 6.15. The minimum absolute atomic E-state index is 0.556. The predicted octanol–water partition coefficient (Wildman–Crippen LogP) is 2.45. The van der Waals surface area contributed by atoms with Gasteiger partial charge in [0.25, 0.3) is 0 Å². The average Bonchev–Trinajstić information content (AvgIpc) is 2.30. The van der Waals surface area contributed by atoms with Crippen molar-refractivity contribution in [3.63, 3.8) is 0 Å². The lowest BCUT2D eigenvalue weighted by atomic mass is 9.89. The Morgan fingerprint density at radius 3 is 2.31 bits per heavy atom. The highest BCUT2D eigenvalue weighted by atomic mass is 15.1. The molecule has 3 rings (SSSR count). The molecule has 0 saturated heterocycles. The SMILES string of the molecule is N#CCc1cc2c3c(c1)CCCN3CCC2. The van der Waals surface area contributed by atoms with Crippen molar-refractivity contribution in [1.29, 1.82) is 5.26 Å². The summed E-state index contributed by atoms with van der Waals surface area (Å²) >= 11 is 0. The lowest BCUT2D eigenvalue weighted by molar-refractivity contribution is 0.633. The summed E-state index contributed by atoms with van der Waals surface area (Å²) in [4.78, 5) is 2.54. The maximum Gasteiger partial charge on any atom is 0.0669 e. The number of anilines is 1. The molecule has 0 aliphatic carbocycles. The fraction of sp³-hybridized carbons (Fsp3) is 0.500. The molecule has 82 valence electrons. The molecule has 0 unspecified atom stereocenters. The maximum absolute atomic E-state index is 8.79. The Labute approximate surface area is 96.5 Å². The van der Waals surface area contributed by atoms with Gasteiger partial charge in [-0.3, -0.25) is 0 Å². The van der Waals surface area contributed by atoms with Gasteiger partial charge in [-0.05, 0) is 42.4 Å². The van der Waals surface area contributed by atoms with E-state index in [1.165, 1.54) is 61.2 Å². The number of hydrogen-bond donors (Lipinski definition) is 0. The van der Waals surface area contributed by atoms with Crippen LogP contribution in [0.25, 0.3) is 0 Å². The van der Waals surface area contributed by atoms with Crippen molar-refractivity contribution in [1.82, 2.24) is 0 Å². The number of nitrogens with zero attached hydrogens (tertiary/aromatic N) is 2. The Bertz CT molecular complexity index is 425. The van der Waals surface area contributed by atoms with Gasteiger partial charge in [0.05, 0.1) is 12.5 Å². The van der Waals surface area contributed by atoms with Crippen LogP contribution < -0.4 is 4.90 Å². The standard InChI is InChI=1S/C14H16N2/c15-6-5-11-9-12-3-1-7-16-8-2-4-13(10-11)14(12)16/h9-10H,1-5,7-8H2. The third kappa shape index (κ3) is 1.48. The number of nitriles is 1. The molecule has 2 nitrogen and oxygen atoms in total. The van der Waals surface area contributed by atoms with Crippen LogP contribution in [0, 0.1) is 11.3 Å². The zero-order chi connectivity index (χ0) is 11.0. The highest BCUT2D eigenvalue weighted by Crippen LogP contribution is 2.35. The van der Waals surface area contributed by atoms with Crippen molar-refractivity contribution < 1.29 is 0 Å². The van der Waals surface area contributed by atoms with Crippen LogP contribution in [-0.4, -0.2) is 13.1 Å². The van der Waals surface area contributed by atoms with E-state index < -0.39 is 0 Å². The van der Waals surface area contributed by atoms with Crippen molar-refractivity contribution in [2.24, 2.45) is 0 Å². The Kier molecular flexibility index (Phi) is 2.32. The summed E-state index contributed by atoms with van der Waals surface area (Å²) in [5.41, 5.74) is 5.67. The molecule has 0 saturated carbocycles. The van der Waals surface area contributed by atoms with Crippen molar-refractivity contribution in [3.05, 3.63) is 28.8 Å². The Hall–Kier alpha value is -1.49. The first-order chi connectivity index (χ1) is 7.88. The Balaban J connectivity index is 2.10. The first-order valence-electron chi connectivity index (χ1n) is 6.15. The smallest absolute Gasteiger partial charge is 0.0669 e. The van der Waals surface area contributed by atoms with Gasteiger partial charge in [0.1, 0.15) is 0 Å². The molecule has 2 heteroatoms. The molecule has 0 bridgehead atoms. The van der Waals surface area contributed by atoms with Gasteiger partial charge in [0.15, 0.2) is 0 Å². The van der Waals surface area contributed by atoms with Crippen LogP contribution in [0.2, 0.25) is 0 Å². The van der Waals surface area contributed by atoms with Crippen LogP contribution in [0.15, 0.2) is 12.1 Å². The Morgan fingerprint density at radius 1 is 1.12 bits per heavy atom. The van der Waals surface area contributed by atoms with E-state index in [0.717, 1.165) is 0 Å². The van der Waals surface area contributed by atoms with Crippen LogP contribution >= 0.6 is 0 Å². The lowest BCUT2D eigenvalue weighted by Gasteiger charge is -2.37. The van der Waals surface area contributed by atoms with Gasteiger partial charge in [-0.2, -0.15) is 5.26 Å². The summed E-state index contributed by atoms with van der Waals surface area (Å²) in [6.07, 6.45) is 5.47. The van der Waals surface area contributed by atoms with Crippen molar-refractivity contribution in [3.8, 4) is 6.07 Å². The first kappa shape index (κ1) is 9.72. The highest BCUT2D eigenvalue weighted by molar-refractivity contribution is 5.64. The zero-order valence-electron chi connectivity index (χ0n) is 9.50. The monoisotopic (exact) mass is 212 g/mol. The molecule has 2 aliphatic rings. The van der Waals surface area contributed by atoms with E-state index in [-0.39, 0.29) is 0 Å². The van der Waals surface area contributed by atoms with E-state index in [1.54, 1.807) is 0 Å². The van der Waals surface area contributed by atoms with Gasteiger partial charge in [-0.1, -0.05) is 12.1 Å². The maximum atomic E-state index is 8.79. The van der Waals surface area contributed by atoms with Crippen LogP contribution in [0.4, 0.5) is 5.69 Å². The second-order valence-corrected chi connectivity index (χ2v) is 4.79. The van der Waals surface area contributed by atoms with E-state index in [4.69, 9.17) is 5.26 Å². The van der Waals surface area contributed by atoms with Gasteiger partial charge in [0.2, 0.25) is 0 Å². The normalized spacial score (nSPS) is 17.8. The predicted molar refractivity (Wildman–Crippen MR) is 64.6 cm³/mol. The van der Waals surface area contributed by atoms with E-state index >= 15 is 0 Å². The van der Waals surface area contributed by atoms with Crippen LogP contribution in [0.5, 0.6) is 0 Å². The summed E-state index contributed by atoms with van der Waals surface area (Å²) in [5, 5.41) is 8.79.